The Balaban J connectivity index is 0.00000182. The number of likely N-dealkylation sites (N-methyl/N-ethyl adjacent to an activating group) is 1. The standard InChI is InChI=1S/C21H33N3O.2ClH/c1-3-23(4-2)20(18-8-6-5-7-9-18)21(25)24-14-12-19(13-15-24)22-16-17-10-11-17;;/h5-9,17,19-20,22H,3-4,10-16H2,1-2H3;2*1H. The number of nitrogens with zero attached hydrogens (tertiary/aromatic N) is 2. The lowest BCUT2D eigenvalue weighted by Gasteiger charge is -2.37. The van der Waals surface area contributed by atoms with Crippen molar-refractivity contribution in [2.24, 2.45) is 5.92 Å². The van der Waals surface area contributed by atoms with Gasteiger partial charge in [-0.3, -0.25) is 9.69 Å². The van der Waals surface area contributed by atoms with E-state index >= 15 is 0 Å². The molecule has 0 bridgehead atoms. The highest BCUT2D eigenvalue weighted by Crippen LogP contribution is 2.28. The SMILES string of the molecule is CCN(CC)C(C(=O)N1CCC(NCC2CC2)CC1)c1ccccc1.Cl.Cl. The smallest absolute Gasteiger partial charge is 0.244 e. The third-order valence-electron chi connectivity index (χ3n) is 5.73. The highest BCUT2D eigenvalue weighted by molar-refractivity contribution is 5.85. The lowest BCUT2D eigenvalue weighted by Crippen LogP contribution is -2.49. The molecule has 0 spiro atoms. The van der Waals surface area contributed by atoms with Crippen molar-refractivity contribution < 1.29 is 4.79 Å². The second-order valence-corrected chi connectivity index (χ2v) is 7.49. The zero-order chi connectivity index (χ0) is 17.6. The number of carbonyl (C=O) groups excluding carboxylic acids is 1. The molecule has 2 aliphatic rings. The predicted molar refractivity (Wildman–Crippen MR) is 117 cm³/mol. The van der Waals surface area contributed by atoms with E-state index in [1.165, 1.54) is 19.4 Å². The van der Waals surface area contributed by atoms with Crippen LogP contribution in [0.15, 0.2) is 30.3 Å². The number of hydrogen-bond acceptors (Lipinski definition) is 3. The van der Waals surface area contributed by atoms with Crippen LogP contribution in [0.5, 0.6) is 0 Å². The number of carbonyl (C=O) groups is 1. The summed E-state index contributed by atoms with van der Waals surface area (Å²) >= 11 is 0. The molecule has 3 rings (SSSR count). The van der Waals surface area contributed by atoms with Crippen LogP contribution >= 0.6 is 24.8 Å². The quantitative estimate of drug-likeness (QED) is 0.698. The second-order valence-electron chi connectivity index (χ2n) is 7.49. The maximum atomic E-state index is 13.3. The zero-order valence-electron chi connectivity index (χ0n) is 16.6. The summed E-state index contributed by atoms with van der Waals surface area (Å²) in [6.07, 6.45) is 4.95. The number of rotatable bonds is 8. The molecule has 1 N–H and O–H groups in total. The van der Waals surface area contributed by atoms with Crippen LogP contribution in [0.1, 0.15) is 51.1 Å². The van der Waals surface area contributed by atoms with Crippen LogP contribution in [0.4, 0.5) is 0 Å². The van der Waals surface area contributed by atoms with E-state index in [9.17, 15) is 4.79 Å². The van der Waals surface area contributed by atoms with E-state index in [4.69, 9.17) is 0 Å². The van der Waals surface area contributed by atoms with Crippen LogP contribution in [0.3, 0.4) is 0 Å². The zero-order valence-corrected chi connectivity index (χ0v) is 18.2. The molecule has 1 aromatic carbocycles. The lowest BCUT2D eigenvalue weighted by molar-refractivity contribution is -0.138. The van der Waals surface area contributed by atoms with Gasteiger partial charge >= 0.3 is 0 Å². The van der Waals surface area contributed by atoms with Crippen molar-refractivity contribution in [2.45, 2.75) is 51.6 Å². The fraction of sp³-hybridized carbons (Fsp3) is 0.667. The number of hydrogen-bond donors (Lipinski definition) is 1. The number of benzene rings is 1. The van der Waals surface area contributed by atoms with Crippen molar-refractivity contribution in [1.29, 1.82) is 0 Å². The van der Waals surface area contributed by atoms with E-state index in [0.29, 0.717) is 6.04 Å². The number of amides is 1. The van der Waals surface area contributed by atoms with Gasteiger partial charge in [0.05, 0.1) is 0 Å². The van der Waals surface area contributed by atoms with Gasteiger partial charge in [-0.15, -0.1) is 24.8 Å². The van der Waals surface area contributed by atoms with Crippen LogP contribution in [-0.2, 0) is 4.79 Å². The summed E-state index contributed by atoms with van der Waals surface area (Å²) in [5.74, 6) is 1.19. The van der Waals surface area contributed by atoms with Crippen LogP contribution in [0, 0.1) is 5.92 Å². The van der Waals surface area contributed by atoms with Crippen LogP contribution in [-0.4, -0.2) is 54.5 Å². The van der Waals surface area contributed by atoms with Gasteiger partial charge in [-0.25, -0.2) is 0 Å². The van der Waals surface area contributed by atoms with Crippen molar-refractivity contribution in [3.8, 4) is 0 Å². The topological polar surface area (TPSA) is 35.6 Å². The van der Waals surface area contributed by atoms with Crippen molar-refractivity contribution in [2.75, 3.05) is 32.7 Å². The van der Waals surface area contributed by atoms with Crippen molar-refractivity contribution in [1.82, 2.24) is 15.1 Å². The van der Waals surface area contributed by atoms with Gasteiger partial charge in [-0.1, -0.05) is 44.2 Å². The highest BCUT2D eigenvalue weighted by atomic mass is 35.5. The number of nitrogens with one attached hydrogen (secondary N) is 1. The summed E-state index contributed by atoms with van der Waals surface area (Å²) in [4.78, 5) is 17.7. The van der Waals surface area contributed by atoms with E-state index in [1.54, 1.807) is 0 Å². The van der Waals surface area contributed by atoms with Gasteiger partial charge in [0, 0.05) is 19.1 Å². The Hall–Kier alpha value is -0.810. The molecule has 1 aliphatic heterocycles. The Bertz CT molecular complexity index is 542. The van der Waals surface area contributed by atoms with E-state index in [0.717, 1.165) is 50.5 Å². The minimum Gasteiger partial charge on any atom is -0.341 e. The fourth-order valence-corrected chi connectivity index (χ4v) is 3.87. The first-order valence-corrected chi connectivity index (χ1v) is 10.0. The summed E-state index contributed by atoms with van der Waals surface area (Å²) in [6.45, 7) is 8.99. The Kier molecular flexibility index (Phi) is 10.7. The minimum absolute atomic E-state index is 0. The molecule has 0 radical (unpaired) electrons. The molecule has 2 fully saturated rings. The Morgan fingerprint density at radius 1 is 1.07 bits per heavy atom. The monoisotopic (exact) mass is 415 g/mol. The van der Waals surface area contributed by atoms with Gasteiger partial charge in [0.15, 0.2) is 0 Å². The summed E-state index contributed by atoms with van der Waals surface area (Å²) in [7, 11) is 0. The van der Waals surface area contributed by atoms with Gasteiger partial charge < -0.3 is 10.2 Å². The van der Waals surface area contributed by atoms with E-state index in [1.807, 2.05) is 18.2 Å². The maximum Gasteiger partial charge on any atom is 0.244 e. The van der Waals surface area contributed by atoms with Crippen molar-refractivity contribution in [3.05, 3.63) is 35.9 Å². The molecule has 1 unspecified atom stereocenters. The second kappa shape index (κ2) is 11.9. The largest absolute Gasteiger partial charge is 0.341 e. The third-order valence-corrected chi connectivity index (χ3v) is 5.73. The number of piperidine rings is 1. The first-order valence-electron chi connectivity index (χ1n) is 10.0. The van der Waals surface area contributed by atoms with Gasteiger partial charge in [-0.2, -0.15) is 0 Å². The molecule has 1 atom stereocenters. The molecule has 4 nitrogen and oxygen atoms in total. The highest BCUT2D eigenvalue weighted by Gasteiger charge is 2.32. The maximum absolute atomic E-state index is 13.3. The van der Waals surface area contributed by atoms with Crippen molar-refractivity contribution >= 4 is 30.7 Å². The van der Waals surface area contributed by atoms with Crippen LogP contribution in [0.2, 0.25) is 0 Å². The molecule has 1 heterocycles. The normalized spacial score (nSPS) is 18.6. The van der Waals surface area contributed by atoms with Gasteiger partial charge in [-0.05, 0) is 56.8 Å². The molecule has 1 amide bonds. The molecule has 1 aliphatic carbocycles. The molecule has 1 aromatic rings. The molecule has 6 heteroatoms. The molecule has 1 saturated carbocycles. The van der Waals surface area contributed by atoms with Gasteiger partial charge in [0.1, 0.15) is 6.04 Å². The minimum atomic E-state index is -0.146. The van der Waals surface area contributed by atoms with E-state index < -0.39 is 0 Å². The average molecular weight is 416 g/mol. The molecular formula is C21H35Cl2N3O. The van der Waals surface area contributed by atoms with Crippen molar-refractivity contribution in [3.63, 3.8) is 0 Å². The van der Waals surface area contributed by atoms with Gasteiger partial charge in [0.2, 0.25) is 5.91 Å². The van der Waals surface area contributed by atoms with E-state index in [2.05, 4.69) is 41.1 Å². The summed E-state index contributed by atoms with van der Waals surface area (Å²) in [5.41, 5.74) is 1.12. The first-order chi connectivity index (χ1) is 12.2. The number of halogens is 2. The van der Waals surface area contributed by atoms with Crippen LogP contribution in [0.25, 0.3) is 0 Å². The average Bonchev–Trinajstić information content (AvgIpc) is 3.49. The first kappa shape index (κ1) is 24.2. The Morgan fingerprint density at radius 2 is 1.67 bits per heavy atom. The summed E-state index contributed by atoms with van der Waals surface area (Å²) in [6, 6.07) is 10.7. The summed E-state index contributed by atoms with van der Waals surface area (Å²) < 4.78 is 0. The van der Waals surface area contributed by atoms with Crippen LogP contribution < -0.4 is 5.32 Å². The molecule has 0 aromatic heterocycles. The molecular weight excluding hydrogens is 381 g/mol. The third kappa shape index (κ3) is 6.63. The number of likely N-dealkylation sites (tertiary alicyclic amines) is 1. The van der Waals surface area contributed by atoms with E-state index in [-0.39, 0.29) is 36.8 Å². The predicted octanol–water partition coefficient (Wildman–Crippen LogP) is 3.90. The Labute approximate surface area is 176 Å². The summed E-state index contributed by atoms with van der Waals surface area (Å²) in [5, 5.41) is 3.70. The molecule has 27 heavy (non-hydrogen) atoms. The fourth-order valence-electron chi connectivity index (χ4n) is 3.87. The molecule has 1 saturated heterocycles. The molecule has 154 valence electrons. The lowest BCUT2D eigenvalue weighted by atomic mass is 10.00. The Morgan fingerprint density at radius 3 is 2.19 bits per heavy atom. The van der Waals surface area contributed by atoms with Gasteiger partial charge in [0.25, 0.3) is 0 Å².